The third-order valence-electron chi connectivity index (χ3n) is 2.65. The molecule has 20 heavy (non-hydrogen) atoms. The average molecular weight is 295 g/mol. The van der Waals surface area contributed by atoms with E-state index in [4.69, 9.17) is 16.3 Å². The lowest BCUT2D eigenvalue weighted by molar-refractivity contribution is -0.383. The minimum atomic E-state index is -0.679. The molecular weight excluding hydrogens is 284 g/mol. The summed E-state index contributed by atoms with van der Waals surface area (Å²) in [5.74, 6) is -0.679. The van der Waals surface area contributed by atoms with Gasteiger partial charge in [0, 0.05) is 0 Å². The van der Waals surface area contributed by atoms with Gasteiger partial charge in [0.05, 0.1) is 17.1 Å². The highest BCUT2D eigenvalue weighted by atomic mass is 35.5. The maximum Gasteiger partial charge on any atom is 0.355 e. The second kappa shape index (κ2) is 5.75. The van der Waals surface area contributed by atoms with Gasteiger partial charge in [0.1, 0.15) is 5.69 Å². The molecule has 0 radical (unpaired) electrons. The predicted molar refractivity (Wildman–Crippen MR) is 73.8 cm³/mol. The summed E-state index contributed by atoms with van der Waals surface area (Å²) in [6, 6.07) is 8.53. The summed E-state index contributed by atoms with van der Waals surface area (Å²) in [6.07, 6.45) is 0. The quantitative estimate of drug-likeness (QED) is 0.532. The Balaban J connectivity index is 2.68. The van der Waals surface area contributed by atoms with Gasteiger partial charge in [-0.3, -0.25) is 10.1 Å². The summed E-state index contributed by atoms with van der Waals surface area (Å²) in [6.45, 7) is 1.82. The normalized spacial score (nSPS) is 10.3. The van der Waals surface area contributed by atoms with Crippen molar-refractivity contribution >= 4 is 23.3 Å². The number of aromatic nitrogens is 1. The number of benzene rings is 1. The van der Waals surface area contributed by atoms with E-state index in [1.165, 1.54) is 0 Å². The number of esters is 1. The number of aromatic amines is 1. The van der Waals surface area contributed by atoms with Crippen molar-refractivity contribution in [3.8, 4) is 11.1 Å². The van der Waals surface area contributed by atoms with Crippen LogP contribution < -0.4 is 0 Å². The molecule has 1 aromatic heterocycles. The van der Waals surface area contributed by atoms with Crippen LogP contribution in [0.25, 0.3) is 11.1 Å². The molecule has 0 aliphatic carbocycles. The van der Waals surface area contributed by atoms with Crippen LogP contribution in [0.1, 0.15) is 17.4 Å². The van der Waals surface area contributed by atoms with E-state index >= 15 is 0 Å². The number of nitrogens with one attached hydrogen (secondary N) is 1. The van der Waals surface area contributed by atoms with Gasteiger partial charge < -0.3 is 9.72 Å². The number of nitro groups is 1. The molecule has 0 saturated carbocycles. The number of nitrogens with zero attached hydrogens (tertiary/aromatic N) is 1. The van der Waals surface area contributed by atoms with E-state index in [2.05, 4.69) is 4.98 Å². The minimum absolute atomic E-state index is 0.0187. The second-order valence-corrected chi connectivity index (χ2v) is 4.26. The van der Waals surface area contributed by atoms with Gasteiger partial charge in [0.25, 0.3) is 0 Å². The highest BCUT2D eigenvalue weighted by Crippen LogP contribution is 2.39. The molecule has 1 N–H and O–H groups in total. The Bertz CT molecular complexity index is 652. The number of rotatable bonds is 4. The van der Waals surface area contributed by atoms with Crippen LogP contribution in [-0.4, -0.2) is 22.5 Å². The molecule has 0 saturated heterocycles. The smallest absolute Gasteiger partial charge is 0.355 e. The molecule has 0 spiro atoms. The van der Waals surface area contributed by atoms with Gasteiger partial charge in [-0.2, -0.15) is 0 Å². The van der Waals surface area contributed by atoms with E-state index in [0.29, 0.717) is 5.56 Å². The molecule has 1 aromatic carbocycles. The summed E-state index contributed by atoms with van der Waals surface area (Å²) in [7, 11) is 0. The predicted octanol–water partition coefficient (Wildman–Crippen LogP) is 3.42. The molecule has 104 valence electrons. The Kier molecular flexibility index (Phi) is 4.05. The van der Waals surface area contributed by atoms with E-state index < -0.39 is 10.9 Å². The molecule has 6 nitrogen and oxygen atoms in total. The number of hydrogen-bond donors (Lipinski definition) is 1. The van der Waals surface area contributed by atoms with Crippen molar-refractivity contribution in [2.45, 2.75) is 6.92 Å². The van der Waals surface area contributed by atoms with Gasteiger partial charge in [0.15, 0.2) is 5.15 Å². The van der Waals surface area contributed by atoms with Gasteiger partial charge in [-0.1, -0.05) is 41.9 Å². The van der Waals surface area contributed by atoms with Crippen molar-refractivity contribution in [1.82, 2.24) is 4.98 Å². The second-order valence-electron chi connectivity index (χ2n) is 3.88. The zero-order valence-corrected chi connectivity index (χ0v) is 11.3. The fraction of sp³-hybridized carbons (Fsp3) is 0.154. The van der Waals surface area contributed by atoms with E-state index in [1.807, 2.05) is 0 Å². The fourth-order valence-corrected chi connectivity index (χ4v) is 2.13. The Morgan fingerprint density at radius 2 is 2.05 bits per heavy atom. The number of carbonyl (C=O) groups excluding carboxylic acids is 1. The number of H-pyrrole nitrogens is 1. The van der Waals surface area contributed by atoms with Crippen molar-refractivity contribution in [1.29, 1.82) is 0 Å². The highest BCUT2D eigenvalue weighted by molar-refractivity contribution is 6.33. The van der Waals surface area contributed by atoms with Gasteiger partial charge >= 0.3 is 11.7 Å². The van der Waals surface area contributed by atoms with Gasteiger partial charge in [-0.15, -0.1) is 0 Å². The van der Waals surface area contributed by atoms with E-state index in [9.17, 15) is 14.9 Å². The zero-order valence-electron chi connectivity index (χ0n) is 10.6. The fourth-order valence-electron chi connectivity index (χ4n) is 1.87. The largest absolute Gasteiger partial charge is 0.461 e. The van der Waals surface area contributed by atoms with Crippen LogP contribution in [0.2, 0.25) is 5.15 Å². The third kappa shape index (κ3) is 2.50. The van der Waals surface area contributed by atoms with Crippen LogP contribution in [0.4, 0.5) is 5.69 Å². The standard InChI is InChI=1S/C13H11ClN2O4/c1-2-20-13(17)10-9(8-6-4-3-5-7-8)11(16(18)19)12(14)15-10/h3-7,15H,2H2,1H3. The van der Waals surface area contributed by atoms with Crippen LogP contribution in [0.5, 0.6) is 0 Å². The lowest BCUT2D eigenvalue weighted by Crippen LogP contribution is -2.06. The Morgan fingerprint density at radius 3 is 2.60 bits per heavy atom. The summed E-state index contributed by atoms with van der Waals surface area (Å²) in [4.78, 5) is 25.0. The lowest BCUT2D eigenvalue weighted by Gasteiger charge is -2.03. The first kappa shape index (κ1) is 14.1. The Hall–Kier alpha value is -2.34. The summed E-state index contributed by atoms with van der Waals surface area (Å²) in [5.41, 5.74) is 0.306. The molecule has 0 aliphatic heterocycles. The first-order valence-corrected chi connectivity index (χ1v) is 6.22. The first-order chi connectivity index (χ1) is 9.56. The molecule has 0 bridgehead atoms. The van der Waals surface area contributed by atoms with Crippen LogP contribution >= 0.6 is 11.6 Å². The number of ether oxygens (including phenoxy) is 1. The van der Waals surface area contributed by atoms with Gasteiger partial charge in [-0.05, 0) is 12.5 Å². The maximum atomic E-state index is 11.9. The zero-order chi connectivity index (χ0) is 14.7. The van der Waals surface area contributed by atoms with Crippen LogP contribution in [0.15, 0.2) is 30.3 Å². The van der Waals surface area contributed by atoms with Crippen molar-refractivity contribution in [2.24, 2.45) is 0 Å². The number of halogens is 1. The van der Waals surface area contributed by atoms with E-state index in [1.54, 1.807) is 37.3 Å². The monoisotopic (exact) mass is 294 g/mol. The summed E-state index contributed by atoms with van der Waals surface area (Å²) >= 11 is 5.83. The molecule has 2 aromatic rings. The van der Waals surface area contributed by atoms with Crippen molar-refractivity contribution < 1.29 is 14.5 Å². The van der Waals surface area contributed by atoms with Crippen molar-refractivity contribution in [3.05, 3.63) is 51.3 Å². The third-order valence-corrected chi connectivity index (χ3v) is 2.93. The summed E-state index contributed by atoms with van der Waals surface area (Å²) in [5, 5.41) is 11.0. The molecule has 7 heteroatoms. The Labute approximate surface area is 119 Å². The molecule has 0 amide bonds. The van der Waals surface area contributed by atoms with E-state index in [0.717, 1.165) is 0 Å². The van der Waals surface area contributed by atoms with Crippen molar-refractivity contribution in [2.75, 3.05) is 6.61 Å². The molecule has 0 unspecified atom stereocenters. The van der Waals surface area contributed by atoms with Crippen molar-refractivity contribution in [3.63, 3.8) is 0 Å². The van der Waals surface area contributed by atoms with E-state index in [-0.39, 0.29) is 28.7 Å². The molecule has 1 heterocycles. The van der Waals surface area contributed by atoms with Gasteiger partial charge in [-0.25, -0.2) is 4.79 Å². The minimum Gasteiger partial charge on any atom is -0.461 e. The van der Waals surface area contributed by atoms with Crippen LogP contribution in [0, 0.1) is 10.1 Å². The van der Waals surface area contributed by atoms with Crippen LogP contribution in [0.3, 0.4) is 0 Å². The first-order valence-electron chi connectivity index (χ1n) is 5.84. The SMILES string of the molecule is CCOC(=O)c1[nH]c(Cl)c([N+](=O)[O-])c1-c1ccccc1. The number of carbonyl (C=O) groups is 1. The summed E-state index contributed by atoms with van der Waals surface area (Å²) < 4.78 is 4.89. The molecule has 0 atom stereocenters. The molecule has 0 fully saturated rings. The maximum absolute atomic E-state index is 11.9. The number of hydrogen-bond acceptors (Lipinski definition) is 4. The van der Waals surface area contributed by atoms with Crippen LogP contribution in [-0.2, 0) is 4.74 Å². The molecule has 2 rings (SSSR count). The Morgan fingerprint density at radius 1 is 1.40 bits per heavy atom. The highest BCUT2D eigenvalue weighted by Gasteiger charge is 2.30. The molecule has 0 aliphatic rings. The lowest BCUT2D eigenvalue weighted by atomic mass is 10.0. The average Bonchev–Trinajstić information content (AvgIpc) is 2.78. The molecular formula is C13H11ClN2O4. The van der Waals surface area contributed by atoms with Gasteiger partial charge in [0.2, 0.25) is 0 Å². The topological polar surface area (TPSA) is 85.2 Å².